The Balaban J connectivity index is 1.65. The number of H-pyrrole nitrogens is 2. The lowest BCUT2D eigenvalue weighted by Crippen LogP contribution is -2.39. The van der Waals surface area contributed by atoms with Gasteiger partial charge in [-0.1, -0.05) is 30.3 Å². The van der Waals surface area contributed by atoms with Crippen LogP contribution in [-0.2, 0) is 10.0 Å². The standard InChI is InChI=1S/C18H19N3O3S/c22-18-19-16-9-8-15(11-17(16)20-18)25(23,24)21-10-4-7-14(12-21)13-5-2-1-3-6-13/h1-3,5-6,8-9,11,14H,4,7,10,12H2,(H2,19,20,22)/t14-/m0/s1. The first-order valence-electron chi connectivity index (χ1n) is 8.31. The van der Waals surface area contributed by atoms with Crippen LogP contribution in [0, 0.1) is 0 Å². The highest BCUT2D eigenvalue weighted by Crippen LogP contribution is 2.30. The molecule has 0 unspecified atom stereocenters. The summed E-state index contributed by atoms with van der Waals surface area (Å²) in [4.78, 5) is 16.8. The largest absolute Gasteiger partial charge is 0.323 e. The van der Waals surface area contributed by atoms with Gasteiger partial charge in [0.05, 0.1) is 15.9 Å². The molecule has 1 aromatic heterocycles. The van der Waals surface area contributed by atoms with E-state index < -0.39 is 10.0 Å². The van der Waals surface area contributed by atoms with Gasteiger partial charge in [0.15, 0.2) is 0 Å². The topological polar surface area (TPSA) is 86.0 Å². The van der Waals surface area contributed by atoms with Crippen LogP contribution in [0.25, 0.3) is 11.0 Å². The van der Waals surface area contributed by atoms with Crippen molar-refractivity contribution in [3.63, 3.8) is 0 Å². The predicted molar refractivity (Wildman–Crippen MR) is 96.1 cm³/mol. The third-order valence-electron chi connectivity index (χ3n) is 4.78. The fourth-order valence-corrected chi connectivity index (χ4v) is 5.03. The Morgan fingerprint density at radius 3 is 2.56 bits per heavy atom. The summed E-state index contributed by atoms with van der Waals surface area (Å²) in [6.07, 6.45) is 1.82. The molecule has 0 amide bonds. The van der Waals surface area contributed by atoms with Gasteiger partial charge in [-0.3, -0.25) is 0 Å². The molecule has 1 fully saturated rings. The Kier molecular flexibility index (Phi) is 3.97. The molecule has 1 atom stereocenters. The molecule has 7 heteroatoms. The summed E-state index contributed by atoms with van der Waals surface area (Å²) in [6, 6.07) is 14.7. The van der Waals surface area contributed by atoms with Gasteiger partial charge >= 0.3 is 5.69 Å². The van der Waals surface area contributed by atoms with Crippen LogP contribution in [0.4, 0.5) is 0 Å². The molecule has 6 nitrogen and oxygen atoms in total. The molecular formula is C18H19N3O3S. The van der Waals surface area contributed by atoms with Crippen molar-refractivity contribution in [1.29, 1.82) is 0 Å². The molecule has 0 bridgehead atoms. The molecular weight excluding hydrogens is 338 g/mol. The minimum Gasteiger partial charge on any atom is -0.306 e. The highest BCUT2D eigenvalue weighted by molar-refractivity contribution is 7.89. The van der Waals surface area contributed by atoms with Crippen molar-refractivity contribution < 1.29 is 8.42 Å². The number of piperidine rings is 1. The number of imidazole rings is 1. The minimum absolute atomic E-state index is 0.209. The van der Waals surface area contributed by atoms with E-state index in [1.54, 1.807) is 16.4 Å². The van der Waals surface area contributed by atoms with E-state index in [0.29, 0.717) is 24.1 Å². The van der Waals surface area contributed by atoms with Gasteiger partial charge in [0.2, 0.25) is 10.0 Å². The van der Waals surface area contributed by atoms with E-state index >= 15 is 0 Å². The van der Waals surface area contributed by atoms with Crippen LogP contribution in [0.5, 0.6) is 0 Å². The van der Waals surface area contributed by atoms with Gasteiger partial charge < -0.3 is 9.97 Å². The summed E-state index contributed by atoms with van der Waals surface area (Å²) in [6.45, 7) is 1.00. The van der Waals surface area contributed by atoms with Crippen LogP contribution >= 0.6 is 0 Å². The lowest BCUT2D eigenvalue weighted by molar-refractivity contribution is 0.315. The van der Waals surface area contributed by atoms with Crippen molar-refractivity contribution in [3.8, 4) is 0 Å². The second kappa shape index (κ2) is 6.16. The number of nitrogens with zero attached hydrogens (tertiary/aromatic N) is 1. The van der Waals surface area contributed by atoms with Gasteiger partial charge in [0.25, 0.3) is 0 Å². The number of hydrogen-bond acceptors (Lipinski definition) is 3. The Labute approximate surface area is 145 Å². The quantitative estimate of drug-likeness (QED) is 0.755. The zero-order valence-electron chi connectivity index (χ0n) is 13.6. The molecule has 4 rings (SSSR count). The second-order valence-corrected chi connectivity index (χ2v) is 8.34. The van der Waals surface area contributed by atoms with Crippen LogP contribution < -0.4 is 5.69 Å². The van der Waals surface area contributed by atoms with Crippen LogP contribution in [0.2, 0.25) is 0 Å². The maximum Gasteiger partial charge on any atom is 0.323 e. The number of hydrogen-bond donors (Lipinski definition) is 2. The van der Waals surface area contributed by atoms with Gasteiger partial charge in [-0.05, 0) is 42.5 Å². The highest BCUT2D eigenvalue weighted by atomic mass is 32.2. The van der Waals surface area contributed by atoms with E-state index in [1.807, 2.05) is 18.2 Å². The second-order valence-electron chi connectivity index (χ2n) is 6.40. The third kappa shape index (κ3) is 3.01. The zero-order chi connectivity index (χ0) is 17.4. The predicted octanol–water partition coefficient (Wildman–Crippen LogP) is 2.42. The average molecular weight is 357 g/mol. The normalized spacial score (nSPS) is 19.3. The molecule has 130 valence electrons. The first-order chi connectivity index (χ1) is 12.0. The molecule has 1 aliphatic heterocycles. The van der Waals surface area contributed by atoms with Gasteiger partial charge in [0, 0.05) is 13.1 Å². The van der Waals surface area contributed by atoms with Crippen molar-refractivity contribution >= 4 is 21.1 Å². The van der Waals surface area contributed by atoms with Crippen molar-refractivity contribution in [2.75, 3.05) is 13.1 Å². The summed E-state index contributed by atoms with van der Waals surface area (Å²) in [5.74, 6) is 0.209. The van der Waals surface area contributed by atoms with Crippen LogP contribution in [-0.4, -0.2) is 35.8 Å². The lowest BCUT2D eigenvalue weighted by atomic mass is 9.92. The van der Waals surface area contributed by atoms with E-state index in [-0.39, 0.29) is 16.5 Å². The van der Waals surface area contributed by atoms with Gasteiger partial charge in [0.1, 0.15) is 0 Å². The monoisotopic (exact) mass is 357 g/mol. The van der Waals surface area contributed by atoms with E-state index in [1.165, 1.54) is 11.6 Å². The van der Waals surface area contributed by atoms with Gasteiger partial charge in [-0.25, -0.2) is 13.2 Å². The molecule has 2 aromatic carbocycles. The van der Waals surface area contributed by atoms with Crippen molar-refractivity contribution in [3.05, 3.63) is 64.6 Å². The van der Waals surface area contributed by atoms with Gasteiger partial charge in [-0.2, -0.15) is 4.31 Å². The first kappa shape index (κ1) is 16.1. The first-order valence-corrected chi connectivity index (χ1v) is 9.75. The summed E-state index contributed by atoms with van der Waals surface area (Å²) in [7, 11) is -3.59. The lowest BCUT2D eigenvalue weighted by Gasteiger charge is -2.32. The number of aromatic nitrogens is 2. The smallest absolute Gasteiger partial charge is 0.306 e. The zero-order valence-corrected chi connectivity index (χ0v) is 14.4. The molecule has 1 aliphatic rings. The fraction of sp³-hybridized carbons (Fsp3) is 0.278. The van der Waals surface area contributed by atoms with E-state index in [9.17, 15) is 13.2 Å². The van der Waals surface area contributed by atoms with Crippen LogP contribution in [0.1, 0.15) is 24.3 Å². The van der Waals surface area contributed by atoms with E-state index in [4.69, 9.17) is 0 Å². The number of rotatable bonds is 3. The van der Waals surface area contributed by atoms with Crippen molar-refractivity contribution in [2.45, 2.75) is 23.7 Å². The number of fused-ring (bicyclic) bond motifs is 1. The molecule has 0 spiro atoms. The summed E-state index contributed by atoms with van der Waals surface area (Å²) in [5.41, 5.74) is 1.94. The number of aromatic amines is 2. The summed E-state index contributed by atoms with van der Waals surface area (Å²) >= 11 is 0. The summed E-state index contributed by atoms with van der Waals surface area (Å²) in [5, 5.41) is 0. The van der Waals surface area contributed by atoms with E-state index in [0.717, 1.165) is 12.8 Å². The Morgan fingerprint density at radius 2 is 1.76 bits per heavy atom. The molecule has 2 heterocycles. The maximum atomic E-state index is 13.0. The third-order valence-corrected chi connectivity index (χ3v) is 6.64. The Hall–Kier alpha value is -2.38. The molecule has 0 radical (unpaired) electrons. The molecule has 25 heavy (non-hydrogen) atoms. The van der Waals surface area contributed by atoms with Crippen molar-refractivity contribution in [2.24, 2.45) is 0 Å². The molecule has 0 aliphatic carbocycles. The Morgan fingerprint density at radius 1 is 1.00 bits per heavy atom. The molecule has 0 saturated carbocycles. The van der Waals surface area contributed by atoms with Crippen LogP contribution in [0.3, 0.4) is 0 Å². The minimum atomic E-state index is -3.59. The van der Waals surface area contributed by atoms with E-state index in [2.05, 4.69) is 22.1 Å². The average Bonchev–Trinajstić information content (AvgIpc) is 3.02. The summed E-state index contributed by atoms with van der Waals surface area (Å²) < 4.78 is 27.6. The number of sulfonamides is 1. The molecule has 1 saturated heterocycles. The fourth-order valence-electron chi connectivity index (χ4n) is 3.48. The molecule has 3 aromatic rings. The number of benzene rings is 2. The Bertz CT molecular complexity index is 1050. The highest BCUT2D eigenvalue weighted by Gasteiger charge is 2.31. The van der Waals surface area contributed by atoms with Crippen LogP contribution in [0.15, 0.2) is 58.2 Å². The van der Waals surface area contributed by atoms with Gasteiger partial charge in [-0.15, -0.1) is 0 Å². The molecule has 2 N–H and O–H groups in total. The SMILES string of the molecule is O=c1[nH]c2ccc(S(=O)(=O)N3CCC[C@H](c4ccccc4)C3)cc2[nH]1. The maximum absolute atomic E-state index is 13.0. The number of nitrogens with one attached hydrogen (secondary N) is 2. The van der Waals surface area contributed by atoms with Crippen molar-refractivity contribution in [1.82, 2.24) is 14.3 Å².